The van der Waals surface area contributed by atoms with Gasteiger partial charge in [-0.2, -0.15) is 10.2 Å². The lowest BCUT2D eigenvalue weighted by atomic mass is 10.0. The molecule has 3 aromatic rings. The molecular weight excluding hydrogens is 226 g/mol. The van der Waals surface area contributed by atoms with Crippen molar-refractivity contribution in [1.82, 2.24) is 20.4 Å². The van der Waals surface area contributed by atoms with Gasteiger partial charge < -0.3 is 5.73 Å². The van der Waals surface area contributed by atoms with Crippen molar-refractivity contribution in [3.63, 3.8) is 0 Å². The Kier molecular flexibility index (Phi) is 2.37. The molecule has 0 aliphatic rings. The summed E-state index contributed by atoms with van der Waals surface area (Å²) in [6.45, 7) is 2.05. The standard InChI is InChI=1S/C13H13N5/c1-8-3-2-4-9(7-8)11-12(17-18-13(11)14)10-5-6-15-16-10/h2-7H,1H3,(H,15,16)(H3,14,17,18). The van der Waals surface area contributed by atoms with Gasteiger partial charge in [-0.05, 0) is 18.6 Å². The number of aryl methyl sites for hydroxylation is 1. The molecule has 0 aliphatic heterocycles. The summed E-state index contributed by atoms with van der Waals surface area (Å²) in [6.07, 6.45) is 1.70. The molecule has 0 aliphatic carbocycles. The lowest BCUT2D eigenvalue weighted by molar-refractivity contribution is 1.06. The van der Waals surface area contributed by atoms with E-state index >= 15 is 0 Å². The highest BCUT2D eigenvalue weighted by molar-refractivity contribution is 5.86. The molecule has 18 heavy (non-hydrogen) atoms. The molecule has 0 saturated carbocycles. The number of aromatic nitrogens is 4. The van der Waals surface area contributed by atoms with E-state index in [1.165, 1.54) is 5.56 Å². The Morgan fingerprint density at radius 1 is 1.17 bits per heavy atom. The number of hydrogen-bond acceptors (Lipinski definition) is 3. The first kappa shape index (κ1) is 10.6. The summed E-state index contributed by atoms with van der Waals surface area (Å²) in [5.74, 6) is 0.491. The smallest absolute Gasteiger partial charge is 0.153 e. The van der Waals surface area contributed by atoms with Crippen LogP contribution >= 0.6 is 0 Å². The number of anilines is 1. The summed E-state index contributed by atoms with van der Waals surface area (Å²) in [6, 6.07) is 10.0. The van der Waals surface area contributed by atoms with E-state index < -0.39 is 0 Å². The summed E-state index contributed by atoms with van der Waals surface area (Å²) in [5.41, 5.74) is 10.8. The summed E-state index contributed by atoms with van der Waals surface area (Å²) < 4.78 is 0. The van der Waals surface area contributed by atoms with Gasteiger partial charge in [0.15, 0.2) is 5.82 Å². The summed E-state index contributed by atoms with van der Waals surface area (Å²) >= 11 is 0. The first-order valence-electron chi connectivity index (χ1n) is 5.66. The van der Waals surface area contributed by atoms with Gasteiger partial charge in [0, 0.05) is 6.20 Å². The quantitative estimate of drug-likeness (QED) is 0.642. The second-order valence-electron chi connectivity index (χ2n) is 4.20. The Morgan fingerprint density at radius 3 is 2.78 bits per heavy atom. The molecule has 2 heterocycles. The van der Waals surface area contributed by atoms with Crippen molar-refractivity contribution in [3.8, 4) is 22.5 Å². The second kappa shape index (κ2) is 4.03. The van der Waals surface area contributed by atoms with E-state index in [-0.39, 0.29) is 0 Å². The fraction of sp³-hybridized carbons (Fsp3) is 0.0769. The molecular formula is C13H13N5. The molecule has 1 aromatic carbocycles. The maximum atomic E-state index is 5.95. The maximum Gasteiger partial charge on any atom is 0.153 e. The predicted octanol–water partition coefficient (Wildman–Crippen LogP) is 2.36. The Morgan fingerprint density at radius 2 is 2.06 bits per heavy atom. The highest BCUT2D eigenvalue weighted by atomic mass is 15.2. The van der Waals surface area contributed by atoms with Crippen molar-refractivity contribution >= 4 is 5.82 Å². The van der Waals surface area contributed by atoms with Crippen LogP contribution in [0.1, 0.15) is 5.56 Å². The van der Waals surface area contributed by atoms with Crippen LogP contribution in [0.25, 0.3) is 22.5 Å². The first-order valence-corrected chi connectivity index (χ1v) is 5.66. The number of nitrogens with zero attached hydrogens (tertiary/aromatic N) is 2. The molecule has 4 N–H and O–H groups in total. The lowest BCUT2D eigenvalue weighted by Gasteiger charge is -2.04. The monoisotopic (exact) mass is 239 g/mol. The number of nitrogens with two attached hydrogens (primary N) is 1. The number of H-pyrrole nitrogens is 2. The highest BCUT2D eigenvalue weighted by Gasteiger charge is 2.15. The van der Waals surface area contributed by atoms with Gasteiger partial charge in [-0.25, -0.2) is 0 Å². The van der Waals surface area contributed by atoms with Gasteiger partial charge in [0.1, 0.15) is 0 Å². The highest BCUT2D eigenvalue weighted by Crippen LogP contribution is 2.33. The predicted molar refractivity (Wildman–Crippen MR) is 70.8 cm³/mol. The van der Waals surface area contributed by atoms with Crippen LogP contribution in [0.5, 0.6) is 0 Å². The first-order chi connectivity index (χ1) is 8.75. The zero-order valence-corrected chi connectivity index (χ0v) is 9.94. The second-order valence-corrected chi connectivity index (χ2v) is 4.20. The number of nitrogen functional groups attached to an aromatic ring is 1. The molecule has 0 spiro atoms. The van der Waals surface area contributed by atoms with Crippen LogP contribution in [-0.4, -0.2) is 20.4 Å². The Labute approximate surface area is 104 Å². The molecule has 90 valence electrons. The van der Waals surface area contributed by atoms with Gasteiger partial charge in [-0.3, -0.25) is 10.2 Å². The van der Waals surface area contributed by atoms with E-state index in [0.29, 0.717) is 5.82 Å². The largest absolute Gasteiger partial charge is 0.382 e. The normalized spacial score (nSPS) is 10.7. The minimum absolute atomic E-state index is 0.491. The zero-order chi connectivity index (χ0) is 12.5. The van der Waals surface area contributed by atoms with Crippen LogP contribution in [0, 0.1) is 6.92 Å². The molecule has 0 unspecified atom stereocenters. The molecule has 3 rings (SSSR count). The average Bonchev–Trinajstić information content (AvgIpc) is 2.97. The molecule has 2 aromatic heterocycles. The van der Waals surface area contributed by atoms with Crippen LogP contribution in [0.3, 0.4) is 0 Å². The van der Waals surface area contributed by atoms with Crippen LogP contribution in [0.4, 0.5) is 5.82 Å². The van der Waals surface area contributed by atoms with Crippen molar-refractivity contribution < 1.29 is 0 Å². The fourth-order valence-corrected chi connectivity index (χ4v) is 2.04. The number of nitrogens with one attached hydrogen (secondary N) is 2. The van der Waals surface area contributed by atoms with E-state index in [1.54, 1.807) is 6.20 Å². The van der Waals surface area contributed by atoms with E-state index in [9.17, 15) is 0 Å². The average molecular weight is 239 g/mol. The van der Waals surface area contributed by atoms with Crippen molar-refractivity contribution in [2.45, 2.75) is 6.92 Å². The minimum Gasteiger partial charge on any atom is -0.382 e. The van der Waals surface area contributed by atoms with Crippen LogP contribution in [0.15, 0.2) is 36.5 Å². The van der Waals surface area contributed by atoms with Gasteiger partial charge in [-0.1, -0.05) is 29.8 Å². The Hall–Kier alpha value is -2.56. The fourth-order valence-electron chi connectivity index (χ4n) is 2.04. The van der Waals surface area contributed by atoms with E-state index in [2.05, 4.69) is 39.5 Å². The SMILES string of the molecule is Cc1cccc(-c2c(N)n[nH]c2-c2ccn[nH]2)c1. The third kappa shape index (κ3) is 1.66. The van der Waals surface area contributed by atoms with Gasteiger partial charge in [0.25, 0.3) is 0 Å². The number of benzene rings is 1. The molecule has 0 bridgehead atoms. The molecule has 0 atom stereocenters. The van der Waals surface area contributed by atoms with E-state index in [0.717, 1.165) is 22.5 Å². The Bertz CT molecular complexity index is 667. The Balaban J connectivity index is 2.20. The molecule has 0 amide bonds. The number of aromatic amines is 2. The summed E-state index contributed by atoms with van der Waals surface area (Å²) in [5, 5.41) is 13.9. The van der Waals surface area contributed by atoms with Crippen LogP contribution in [0.2, 0.25) is 0 Å². The molecule has 5 nitrogen and oxygen atoms in total. The third-order valence-electron chi connectivity index (χ3n) is 2.87. The molecule has 0 fully saturated rings. The van der Waals surface area contributed by atoms with Crippen LogP contribution in [-0.2, 0) is 0 Å². The molecule has 0 radical (unpaired) electrons. The van der Waals surface area contributed by atoms with Gasteiger partial charge in [0.05, 0.1) is 17.0 Å². The minimum atomic E-state index is 0.491. The summed E-state index contributed by atoms with van der Waals surface area (Å²) in [7, 11) is 0. The number of hydrogen-bond donors (Lipinski definition) is 3. The maximum absolute atomic E-state index is 5.95. The van der Waals surface area contributed by atoms with Crippen LogP contribution < -0.4 is 5.73 Å². The van der Waals surface area contributed by atoms with Crippen molar-refractivity contribution in [2.75, 3.05) is 5.73 Å². The molecule has 5 heteroatoms. The summed E-state index contributed by atoms with van der Waals surface area (Å²) in [4.78, 5) is 0. The third-order valence-corrected chi connectivity index (χ3v) is 2.87. The van der Waals surface area contributed by atoms with Gasteiger partial charge in [0.2, 0.25) is 0 Å². The van der Waals surface area contributed by atoms with Crippen molar-refractivity contribution in [2.24, 2.45) is 0 Å². The van der Waals surface area contributed by atoms with Crippen molar-refractivity contribution in [3.05, 3.63) is 42.1 Å². The topological polar surface area (TPSA) is 83.4 Å². The zero-order valence-electron chi connectivity index (χ0n) is 9.94. The van der Waals surface area contributed by atoms with Gasteiger partial charge in [-0.15, -0.1) is 0 Å². The lowest BCUT2D eigenvalue weighted by Crippen LogP contribution is -1.89. The van der Waals surface area contributed by atoms with E-state index in [1.807, 2.05) is 18.2 Å². The molecule has 0 saturated heterocycles. The van der Waals surface area contributed by atoms with Gasteiger partial charge >= 0.3 is 0 Å². The van der Waals surface area contributed by atoms with Crippen molar-refractivity contribution in [1.29, 1.82) is 0 Å². The number of rotatable bonds is 2. The van der Waals surface area contributed by atoms with E-state index in [4.69, 9.17) is 5.73 Å².